The summed E-state index contributed by atoms with van der Waals surface area (Å²) < 4.78 is 45.6. The number of halogens is 3. The molecule has 37 heavy (non-hydrogen) atoms. The minimum absolute atomic E-state index is 0.0339. The molecule has 0 fully saturated rings. The van der Waals surface area contributed by atoms with Crippen LogP contribution in [0.1, 0.15) is 34.4 Å². The quantitative estimate of drug-likeness (QED) is 0.357. The molecule has 194 valence electrons. The van der Waals surface area contributed by atoms with Crippen LogP contribution >= 0.6 is 0 Å². The molecule has 0 saturated carbocycles. The zero-order chi connectivity index (χ0) is 26.6. The lowest BCUT2D eigenvalue weighted by Gasteiger charge is -2.25. The molecule has 8 nitrogen and oxygen atoms in total. The van der Waals surface area contributed by atoms with Gasteiger partial charge in [-0.3, -0.25) is 9.78 Å². The van der Waals surface area contributed by atoms with E-state index in [1.54, 1.807) is 12.1 Å². The second kappa shape index (κ2) is 10.9. The SMILES string of the molecule is NCc1cc(NC(=O)C2CCc3ccc(Oc4ccnc(CNC(=O)O)c4)cc3C2)cc(C(F)(F)F)c1. The maximum atomic E-state index is 13.2. The summed E-state index contributed by atoms with van der Waals surface area (Å²) >= 11 is 0. The Labute approximate surface area is 210 Å². The van der Waals surface area contributed by atoms with Crippen LogP contribution in [-0.4, -0.2) is 22.1 Å². The van der Waals surface area contributed by atoms with E-state index in [9.17, 15) is 22.8 Å². The molecular formula is C26H25F3N4O4. The first kappa shape index (κ1) is 26.0. The van der Waals surface area contributed by atoms with E-state index in [0.29, 0.717) is 36.5 Å². The van der Waals surface area contributed by atoms with Crippen LogP contribution in [0.25, 0.3) is 0 Å². The third kappa shape index (κ3) is 6.76. The number of rotatable bonds is 7. The largest absolute Gasteiger partial charge is 0.465 e. The van der Waals surface area contributed by atoms with E-state index in [0.717, 1.165) is 23.3 Å². The lowest BCUT2D eigenvalue weighted by Crippen LogP contribution is -2.28. The Bertz CT molecular complexity index is 1310. The molecule has 0 aliphatic heterocycles. The molecule has 0 saturated heterocycles. The van der Waals surface area contributed by atoms with Crippen molar-refractivity contribution in [3.05, 3.63) is 82.7 Å². The summed E-state index contributed by atoms with van der Waals surface area (Å²) in [6.45, 7) is -0.0480. The third-order valence-corrected chi connectivity index (χ3v) is 6.04. The Morgan fingerprint density at radius 1 is 1.08 bits per heavy atom. The van der Waals surface area contributed by atoms with Gasteiger partial charge < -0.3 is 26.2 Å². The second-order valence-electron chi connectivity index (χ2n) is 8.72. The number of fused-ring (bicyclic) bond motifs is 1. The molecule has 2 amide bonds. The number of pyridine rings is 1. The van der Waals surface area contributed by atoms with Gasteiger partial charge in [-0.05, 0) is 72.4 Å². The molecule has 2 aromatic carbocycles. The Morgan fingerprint density at radius 2 is 1.86 bits per heavy atom. The number of carbonyl (C=O) groups excluding carboxylic acids is 1. The predicted octanol–water partition coefficient (Wildman–Crippen LogP) is 4.86. The van der Waals surface area contributed by atoms with Crippen molar-refractivity contribution in [3.8, 4) is 11.5 Å². The van der Waals surface area contributed by atoms with Crippen LogP contribution in [0.2, 0.25) is 0 Å². The summed E-state index contributed by atoms with van der Waals surface area (Å²) in [5.74, 6) is 0.230. The number of aromatic nitrogens is 1. The molecular weight excluding hydrogens is 489 g/mol. The fraction of sp³-hybridized carbons (Fsp3) is 0.269. The van der Waals surface area contributed by atoms with E-state index < -0.39 is 23.8 Å². The number of ether oxygens (including phenoxy) is 1. The highest BCUT2D eigenvalue weighted by Crippen LogP contribution is 2.34. The number of aryl methyl sites for hydroxylation is 1. The maximum absolute atomic E-state index is 13.2. The first-order valence-electron chi connectivity index (χ1n) is 11.5. The zero-order valence-electron chi connectivity index (χ0n) is 19.6. The molecule has 3 aromatic rings. The number of alkyl halides is 3. The highest BCUT2D eigenvalue weighted by atomic mass is 19.4. The summed E-state index contributed by atoms with van der Waals surface area (Å²) in [4.78, 5) is 27.7. The van der Waals surface area contributed by atoms with E-state index in [-0.39, 0.29) is 30.2 Å². The molecule has 1 aliphatic carbocycles. The molecule has 1 heterocycles. The highest BCUT2D eigenvalue weighted by Gasteiger charge is 2.32. The van der Waals surface area contributed by atoms with Crippen molar-refractivity contribution in [3.63, 3.8) is 0 Å². The molecule has 1 atom stereocenters. The van der Waals surface area contributed by atoms with Crippen molar-refractivity contribution >= 4 is 17.7 Å². The Hall–Kier alpha value is -4.12. The van der Waals surface area contributed by atoms with Crippen molar-refractivity contribution in [1.29, 1.82) is 0 Å². The minimum atomic E-state index is -4.55. The predicted molar refractivity (Wildman–Crippen MR) is 129 cm³/mol. The standard InChI is InChI=1S/C26H25F3N4O4/c27-26(28,29)19-7-15(13-30)8-20(11-19)33-24(34)17-2-1-16-3-4-22(10-18(16)9-17)37-23-5-6-31-21(12-23)14-32-25(35)36/h3-8,10-12,17,32H,1-2,9,13-14,30H2,(H,33,34)(H,35,36). The van der Waals surface area contributed by atoms with Gasteiger partial charge in [-0.25, -0.2) is 4.79 Å². The molecule has 1 aromatic heterocycles. The van der Waals surface area contributed by atoms with Crippen molar-refractivity contribution < 1.29 is 32.6 Å². The van der Waals surface area contributed by atoms with Gasteiger partial charge in [-0.1, -0.05) is 6.07 Å². The number of hydrogen-bond donors (Lipinski definition) is 4. The molecule has 0 bridgehead atoms. The first-order valence-corrected chi connectivity index (χ1v) is 11.5. The number of carboxylic acid groups (broad SMARTS) is 1. The van der Waals surface area contributed by atoms with Crippen LogP contribution in [0.3, 0.4) is 0 Å². The van der Waals surface area contributed by atoms with Crippen LogP contribution < -0.4 is 21.1 Å². The molecule has 0 radical (unpaired) electrons. The van der Waals surface area contributed by atoms with Gasteiger partial charge in [0.05, 0.1) is 17.8 Å². The lowest BCUT2D eigenvalue weighted by atomic mass is 9.83. The van der Waals surface area contributed by atoms with Gasteiger partial charge >= 0.3 is 12.3 Å². The van der Waals surface area contributed by atoms with Gasteiger partial charge in [-0.15, -0.1) is 0 Å². The number of nitrogens with two attached hydrogens (primary N) is 1. The van der Waals surface area contributed by atoms with Gasteiger partial charge in [-0.2, -0.15) is 13.2 Å². The van der Waals surface area contributed by atoms with E-state index in [1.807, 2.05) is 18.2 Å². The molecule has 5 N–H and O–H groups in total. The average Bonchev–Trinajstić information content (AvgIpc) is 2.86. The van der Waals surface area contributed by atoms with E-state index >= 15 is 0 Å². The van der Waals surface area contributed by atoms with Crippen molar-refractivity contribution in [2.75, 3.05) is 5.32 Å². The van der Waals surface area contributed by atoms with Crippen LogP contribution in [0.15, 0.2) is 54.7 Å². The van der Waals surface area contributed by atoms with Crippen molar-refractivity contribution in [2.45, 2.75) is 38.5 Å². The maximum Gasteiger partial charge on any atom is 0.416 e. The van der Waals surface area contributed by atoms with Crippen LogP contribution in [-0.2, 0) is 36.9 Å². The van der Waals surface area contributed by atoms with Gasteiger partial charge in [0.2, 0.25) is 5.91 Å². The van der Waals surface area contributed by atoms with Gasteiger partial charge in [0.1, 0.15) is 11.5 Å². The van der Waals surface area contributed by atoms with Gasteiger partial charge in [0.25, 0.3) is 0 Å². The van der Waals surface area contributed by atoms with Crippen LogP contribution in [0.4, 0.5) is 23.7 Å². The number of nitrogens with one attached hydrogen (secondary N) is 2. The van der Waals surface area contributed by atoms with Gasteiger partial charge in [0, 0.05) is 30.4 Å². The fourth-order valence-electron chi connectivity index (χ4n) is 4.23. The smallest absolute Gasteiger partial charge is 0.416 e. The Balaban J connectivity index is 1.45. The number of nitrogens with zero attached hydrogens (tertiary/aromatic N) is 1. The number of benzene rings is 2. The normalized spacial score (nSPS) is 15.0. The molecule has 0 spiro atoms. The average molecular weight is 515 g/mol. The molecule has 1 aliphatic rings. The monoisotopic (exact) mass is 514 g/mol. The zero-order valence-corrected chi connectivity index (χ0v) is 19.6. The second-order valence-corrected chi connectivity index (χ2v) is 8.72. The summed E-state index contributed by atoms with van der Waals surface area (Å²) in [6.07, 6.45) is -2.58. The summed E-state index contributed by atoms with van der Waals surface area (Å²) in [5.41, 5.74) is 7.49. The molecule has 4 rings (SSSR count). The van der Waals surface area contributed by atoms with E-state index in [1.165, 1.54) is 12.3 Å². The van der Waals surface area contributed by atoms with E-state index in [2.05, 4.69) is 15.6 Å². The number of anilines is 1. The number of hydrogen-bond acceptors (Lipinski definition) is 5. The summed E-state index contributed by atoms with van der Waals surface area (Å²) in [7, 11) is 0. The van der Waals surface area contributed by atoms with E-state index in [4.69, 9.17) is 15.6 Å². The third-order valence-electron chi connectivity index (χ3n) is 6.04. The van der Waals surface area contributed by atoms with Crippen molar-refractivity contribution in [1.82, 2.24) is 10.3 Å². The first-order chi connectivity index (χ1) is 17.6. The van der Waals surface area contributed by atoms with Crippen LogP contribution in [0, 0.1) is 5.92 Å². The Morgan fingerprint density at radius 3 is 2.59 bits per heavy atom. The van der Waals surface area contributed by atoms with Crippen LogP contribution in [0.5, 0.6) is 11.5 Å². The number of carbonyl (C=O) groups is 2. The highest BCUT2D eigenvalue weighted by molar-refractivity contribution is 5.93. The fourth-order valence-corrected chi connectivity index (χ4v) is 4.23. The number of amides is 2. The van der Waals surface area contributed by atoms with Crippen molar-refractivity contribution in [2.24, 2.45) is 11.7 Å². The lowest BCUT2D eigenvalue weighted by molar-refractivity contribution is -0.137. The summed E-state index contributed by atoms with van der Waals surface area (Å²) in [6, 6.07) is 12.2. The Kier molecular flexibility index (Phi) is 7.63. The molecule has 1 unspecified atom stereocenters. The topological polar surface area (TPSA) is 127 Å². The van der Waals surface area contributed by atoms with Gasteiger partial charge in [0.15, 0.2) is 0 Å². The summed E-state index contributed by atoms with van der Waals surface area (Å²) in [5, 5.41) is 13.6. The molecule has 11 heteroatoms. The minimum Gasteiger partial charge on any atom is -0.465 e.